The van der Waals surface area contributed by atoms with Crippen molar-refractivity contribution in [3.05, 3.63) is 64.6 Å². The first-order valence-electron chi connectivity index (χ1n) is 10.3. The number of carbonyl (C=O) groups excluding carboxylic acids is 2. The smallest absolute Gasteiger partial charge is 0.337 e. The van der Waals surface area contributed by atoms with Gasteiger partial charge in [-0.25, -0.2) is 9.79 Å². The number of nitrogens with zero attached hydrogens (tertiary/aromatic N) is 3. The van der Waals surface area contributed by atoms with Crippen molar-refractivity contribution in [1.82, 2.24) is 4.90 Å². The lowest BCUT2D eigenvalue weighted by Gasteiger charge is -2.20. The molecule has 1 aliphatic heterocycles. The summed E-state index contributed by atoms with van der Waals surface area (Å²) in [6.07, 6.45) is 1.90. The Kier molecular flexibility index (Phi) is 7.52. The maximum atomic E-state index is 12.9. The van der Waals surface area contributed by atoms with Crippen molar-refractivity contribution in [1.29, 1.82) is 0 Å². The van der Waals surface area contributed by atoms with E-state index in [0.717, 1.165) is 18.7 Å². The van der Waals surface area contributed by atoms with E-state index < -0.39 is 5.97 Å². The first-order chi connectivity index (χ1) is 15.0. The lowest BCUT2D eigenvalue weighted by atomic mass is 10.1. The highest BCUT2D eigenvalue weighted by Crippen LogP contribution is 2.34. The van der Waals surface area contributed by atoms with Crippen LogP contribution in [0.3, 0.4) is 0 Å². The second-order valence-corrected chi connectivity index (χ2v) is 7.87. The third-order valence-electron chi connectivity index (χ3n) is 5.02. The SMILES string of the molecule is CCN1C(=O)C(=Cc2ccc(N(CC)CC)cc2)SC1=Nc1cccc(C(=O)OC)c1. The van der Waals surface area contributed by atoms with E-state index in [4.69, 9.17) is 4.74 Å². The van der Waals surface area contributed by atoms with Crippen molar-refractivity contribution in [2.45, 2.75) is 20.8 Å². The van der Waals surface area contributed by atoms with Crippen LogP contribution >= 0.6 is 11.8 Å². The number of ether oxygens (including phenoxy) is 1. The van der Waals surface area contributed by atoms with E-state index in [1.54, 1.807) is 29.2 Å². The van der Waals surface area contributed by atoms with Crippen LogP contribution < -0.4 is 4.90 Å². The molecule has 0 bridgehead atoms. The van der Waals surface area contributed by atoms with Crippen LogP contribution in [-0.2, 0) is 9.53 Å². The van der Waals surface area contributed by atoms with Gasteiger partial charge in [0.25, 0.3) is 5.91 Å². The molecule has 1 fully saturated rings. The summed E-state index contributed by atoms with van der Waals surface area (Å²) in [6, 6.07) is 15.1. The summed E-state index contributed by atoms with van der Waals surface area (Å²) in [5.74, 6) is -0.485. The Balaban J connectivity index is 1.86. The Hall–Kier alpha value is -3.06. The fraction of sp³-hybridized carbons (Fsp3) is 0.292. The molecule has 0 saturated carbocycles. The van der Waals surface area contributed by atoms with Crippen molar-refractivity contribution in [2.24, 2.45) is 4.99 Å². The van der Waals surface area contributed by atoms with E-state index in [-0.39, 0.29) is 5.91 Å². The van der Waals surface area contributed by atoms with Gasteiger partial charge in [0.2, 0.25) is 0 Å². The minimum atomic E-state index is -0.418. The topological polar surface area (TPSA) is 62.2 Å². The van der Waals surface area contributed by atoms with E-state index in [1.807, 2.05) is 25.1 Å². The average molecular weight is 438 g/mol. The molecule has 0 spiro atoms. The van der Waals surface area contributed by atoms with Gasteiger partial charge in [0.05, 0.1) is 23.3 Å². The van der Waals surface area contributed by atoms with Crippen molar-refractivity contribution >= 4 is 46.3 Å². The number of likely N-dealkylation sites (N-methyl/N-ethyl adjacent to an activating group) is 1. The van der Waals surface area contributed by atoms with Crippen LogP contribution in [0.25, 0.3) is 6.08 Å². The summed E-state index contributed by atoms with van der Waals surface area (Å²) in [4.78, 5) is 33.9. The molecule has 0 N–H and O–H groups in total. The molecule has 0 atom stereocenters. The van der Waals surface area contributed by atoms with Gasteiger partial charge in [-0.15, -0.1) is 0 Å². The maximum Gasteiger partial charge on any atom is 0.337 e. The number of anilines is 1. The number of amidine groups is 1. The fourth-order valence-electron chi connectivity index (χ4n) is 3.32. The molecule has 1 heterocycles. The second kappa shape index (κ2) is 10.3. The fourth-order valence-corrected chi connectivity index (χ4v) is 4.38. The predicted octanol–water partition coefficient (Wildman–Crippen LogP) is 4.94. The summed E-state index contributed by atoms with van der Waals surface area (Å²) in [5, 5.41) is 0.598. The summed E-state index contributed by atoms with van der Waals surface area (Å²) in [5.41, 5.74) is 3.16. The number of rotatable bonds is 7. The molecule has 6 nitrogen and oxygen atoms in total. The van der Waals surface area contributed by atoms with Gasteiger partial charge in [-0.1, -0.05) is 18.2 Å². The minimum Gasteiger partial charge on any atom is -0.465 e. The van der Waals surface area contributed by atoms with Crippen LogP contribution in [-0.4, -0.2) is 48.7 Å². The maximum absolute atomic E-state index is 12.9. The van der Waals surface area contributed by atoms with Gasteiger partial charge in [-0.2, -0.15) is 0 Å². The molecular weight excluding hydrogens is 410 g/mol. The Morgan fingerprint density at radius 2 is 1.84 bits per heavy atom. The monoisotopic (exact) mass is 437 g/mol. The Morgan fingerprint density at radius 1 is 1.13 bits per heavy atom. The van der Waals surface area contributed by atoms with Crippen molar-refractivity contribution in [3.63, 3.8) is 0 Å². The first-order valence-corrected chi connectivity index (χ1v) is 11.2. The third kappa shape index (κ3) is 5.17. The zero-order valence-corrected chi connectivity index (χ0v) is 19.1. The highest BCUT2D eigenvalue weighted by atomic mass is 32.2. The molecule has 31 heavy (non-hydrogen) atoms. The lowest BCUT2D eigenvalue weighted by Crippen LogP contribution is -2.28. The standard InChI is InChI=1S/C24H27N3O3S/c1-5-26(6-2)20-13-11-17(12-14-20)15-21-22(28)27(7-3)24(31-21)25-19-10-8-9-18(16-19)23(29)30-4/h8-16H,5-7H2,1-4H3. The van der Waals surface area contributed by atoms with Crippen molar-refractivity contribution in [2.75, 3.05) is 31.6 Å². The molecule has 3 rings (SSSR count). The highest BCUT2D eigenvalue weighted by molar-refractivity contribution is 8.18. The molecule has 1 amide bonds. The number of benzene rings is 2. The summed E-state index contributed by atoms with van der Waals surface area (Å²) < 4.78 is 4.77. The first kappa shape index (κ1) is 22.6. The predicted molar refractivity (Wildman–Crippen MR) is 128 cm³/mol. The van der Waals surface area contributed by atoms with Crippen LogP contribution in [0.15, 0.2) is 58.4 Å². The van der Waals surface area contributed by atoms with E-state index in [1.165, 1.54) is 24.6 Å². The molecule has 1 aliphatic rings. The van der Waals surface area contributed by atoms with Gasteiger partial charge in [0.1, 0.15) is 0 Å². The number of hydrogen-bond donors (Lipinski definition) is 0. The number of carbonyl (C=O) groups is 2. The molecule has 7 heteroatoms. The summed E-state index contributed by atoms with van der Waals surface area (Å²) in [7, 11) is 1.34. The molecule has 162 valence electrons. The molecule has 1 saturated heterocycles. The van der Waals surface area contributed by atoms with E-state index in [0.29, 0.717) is 27.9 Å². The minimum absolute atomic E-state index is 0.0665. The molecule has 2 aromatic carbocycles. The lowest BCUT2D eigenvalue weighted by molar-refractivity contribution is -0.122. The number of hydrogen-bond acceptors (Lipinski definition) is 6. The molecule has 0 aromatic heterocycles. The van der Waals surface area contributed by atoms with Crippen LogP contribution in [0.2, 0.25) is 0 Å². The molecule has 0 unspecified atom stereocenters. The molecule has 0 radical (unpaired) electrons. The van der Waals surface area contributed by atoms with E-state index in [2.05, 4.69) is 35.9 Å². The molecular formula is C24H27N3O3S. The Labute approximate surface area is 187 Å². The van der Waals surface area contributed by atoms with Crippen LogP contribution in [0.5, 0.6) is 0 Å². The van der Waals surface area contributed by atoms with Gasteiger partial charge in [0.15, 0.2) is 5.17 Å². The van der Waals surface area contributed by atoms with Gasteiger partial charge < -0.3 is 9.64 Å². The summed E-state index contributed by atoms with van der Waals surface area (Å²) >= 11 is 1.34. The van der Waals surface area contributed by atoms with Gasteiger partial charge in [-0.3, -0.25) is 9.69 Å². The van der Waals surface area contributed by atoms with Crippen LogP contribution in [0, 0.1) is 0 Å². The summed E-state index contributed by atoms with van der Waals surface area (Å²) in [6.45, 7) is 8.60. The quantitative estimate of drug-likeness (QED) is 0.453. The number of amides is 1. The zero-order valence-electron chi connectivity index (χ0n) is 18.3. The van der Waals surface area contributed by atoms with E-state index >= 15 is 0 Å². The van der Waals surface area contributed by atoms with Gasteiger partial charge >= 0.3 is 5.97 Å². The second-order valence-electron chi connectivity index (χ2n) is 6.86. The van der Waals surface area contributed by atoms with E-state index in [9.17, 15) is 9.59 Å². The van der Waals surface area contributed by atoms with Gasteiger partial charge in [-0.05, 0) is 74.5 Å². The normalized spacial score (nSPS) is 16.3. The van der Waals surface area contributed by atoms with Crippen LogP contribution in [0.4, 0.5) is 11.4 Å². The Morgan fingerprint density at radius 3 is 2.45 bits per heavy atom. The highest BCUT2D eigenvalue weighted by Gasteiger charge is 2.32. The van der Waals surface area contributed by atoms with Crippen molar-refractivity contribution in [3.8, 4) is 0 Å². The van der Waals surface area contributed by atoms with Crippen molar-refractivity contribution < 1.29 is 14.3 Å². The number of esters is 1. The number of methoxy groups -OCH3 is 1. The molecule has 2 aromatic rings. The number of thioether (sulfide) groups is 1. The largest absolute Gasteiger partial charge is 0.465 e. The molecule has 0 aliphatic carbocycles. The average Bonchev–Trinajstić information content (AvgIpc) is 3.08. The Bertz CT molecular complexity index is 1010. The zero-order chi connectivity index (χ0) is 22.4. The van der Waals surface area contributed by atoms with Gasteiger partial charge in [0, 0.05) is 25.3 Å². The van der Waals surface area contributed by atoms with Crippen LogP contribution in [0.1, 0.15) is 36.7 Å². The number of aliphatic imine (C=N–C) groups is 1. The third-order valence-corrected chi connectivity index (χ3v) is 6.02.